The van der Waals surface area contributed by atoms with E-state index in [0.29, 0.717) is 5.11 Å². The van der Waals surface area contributed by atoms with Crippen LogP contribution in [0.15, 0.2) is 60.7 Å². The van der Waals surface area contributed by atoms with Crippen molar-refractivity contribution in [2.45, 2.75) is 25.8 Å². The van der Waals surface area contributed by atoms with Crippen LogP contribution in [0, 0.1) is 5.82 Å². The number of nitrogens with zero attached hydrogens (tertiary/aromatic N) is 1. The van der Waals surface area contributed by atoms with Crippen LogP contribution in [0.1, 0.15) is 18.9 Å². The minimum absolute atomic E-state index is 0.193. The zero-order chi connectivity index (χ0) is 17.4. The maximum Gasteiger partial charge on any atom is 0.178 e. The van der Waals surface area contributed by atoms with E-state index in [1.165, 1.54) is 11.5 Å². The van der Waals surface area contributed by atoms with Crippen molar-refractivity contribution in [1.29, 1.82) is 0 Å². The van der Waals surface area contributed by atoms with Crippen molar-refractivity contribution < 1.29 is 4.39 Å². The second-order valence-electron chi connectivity index (χ2n) is 6.49. The predicted molar refractivity (Wildman–Crippen MR) is 107 cm³/mol. The van der Waals surface area contributed by atoms with Gasteiger partial charge in [-0.05, 0) is 67.2 Å². The van der Waals surface area contributed by atoms with Crippen LogP contribution in [-0.2, 0) is 6.42 Å². The normalized spacial score (nSPS) is 16.6. The molecule has 0 fully saturated rings. The number of rotatable bonds is 1. The first kappa shape index (κ1) is 16.0. The molecule has 1 N–H and O–H groups in total. The Morgan fingerprint density at radius 3 is 2.80 bits per heavy atom. The van der Waals surface area contributed by atoms with Gasteiger partial charge in [0.2, 0.25) is 0 Å². The highest BCUT2D eigenvalue weighted by Crippen LogP contribution is 2.32. The van der Waals surface area contributed by atoms with E-state index in [1.807, 2.05) is 30.3 Å². The van der Waals surface area contributed by atoms with Gasteiger partial charge in [0.25, 0.3) is 0 Å². The number of hydrogen-bond donors (Lipinski definition) is 1. The molecule has 1 atom stereocenters. The summed E-state index contributed by atoms with van der Waals surface area (Å²) in [5, 5.41) is 6.36. The fraction of sp³-hybridized carbons (Fsp3) is 0.190. The average molecular weight is 350 g/mol. The number of aryl methyl sites for hydroxylation is 1. The van der Waals surface area contributed by atoms with Gasteiger partial charge >= 0.3 is 0 Å². The van der Waals surface area contributed by atoms with E-state index in [-0.39, 0.29) is 11.9 Å². The van der Waals surface area contributed by atoms with E-state index >= 15 is 0 Å². The molecule has 0 amide bonds. The van der Waals surface area contributed by atoms with Crippen molar-refractivity contribution in [3.8, 4) is 0 Å². The molecule has 4 rings (SSSR count). The number of benzene rings is 3. The second-order valence-corrected chi connectivity index (χ2v) is 6.87. The molecular weight excluding hydrogens is 331 g/mol. The standard InChI is InChI=1S/C21H19FN2S/c1-14-9-10-16-13-17(22)11-12-20(16)24(14)21(25)23-19-8-4-6-15-5-2-3-7-18(15)19/h2-8,11-14H,9-10H2,1H3,(H,23,25)/t14-/m0/s1. The minimum atomic E-state index is -0.193. The maximum absolute atomic E-state index is 13.6. The molecule has 0 aliphatic carbocycles. The van der Waals surface area contributed by atoms with Crippen LogP contribution >= 0.6 is 12.2 Å². The summed E-state index contributed by atoms with van der Waals surface area (Å²) in [7, 11) is 0. The van der Waals surface area contributed by atoms with Gasteiger partial charge in [0, 0.05) is 22.8 Å². The van der Waals surface area contributed by atoms with Gasteiger partial charge in [-0.1, -0.05) is 36.4 Å². The van der Waals surface area contributed by atoms with Crippen molar-refractivity contribution in [2.24, 2.45) is 0 Å². The lowest BCUT2D eigenvalue weighted by molar-refractivity contribution is 0.604. The smallest absolute Gasteiger partial charge is 0.178 e. The van der Waals surface area contributed by atoms with Crippen LogP contribution in [0.2, 0.25) is 0 Å². The number of halogens is 1. The van der Waals surface area contributed by atoms with Crippen LogP contribution < -0.4 is 10.2 Å². The fourth-order valence-corrected chi connectivity index (χ4v) is 3.93. The van der Waals surface area contributed by atoms with Gasteiger partial charge in [0.05, 0.1) is 0 Å². The van der Waals surface area contributed by atoms with Crippen molar-refractivity contribution in [3.05, 3.63) is 72.0 Å². The molecule has 0 bridgehead atoms. The fourth-order valence-electron chi connectivity index (χ4n) is 3.54. The highest BCUT2D eigenvalue weighted by atomic mass is 32.1. The number of thiocarbonyl (C=S) groups is 1. The lowest BCUT2D eigenvalue weighted by Gasteiger charge is -2.37. The van der Waals surface area contributed by atoms with Crippen molar-refractivity contribution in [1.82, 2.24) is 0 Å². The third-order valence-electron chi connectivity index (χ3n) is 4.82. The number of hydrogen-bond acceptors (Lipinski definition) is 1. The summed E-state index contributed by atoms with van der Waals surface area (Å²) < 4.78 is 13.6. The first-order valence-electron chi connectivity index (χ1n) is 8.50. The van der Waals surface area contributed by atoms with Gasteiger partial charge in [-0.15, -0.1) is 0 Å². The topological polar surface area (TPSA) is 15.3 Å². The van der Waals surface area contributed by atoms with E-state index in [1.54, 1.807) is 6.07 Å². The van der Waals surface area contributed by atoms with Crippen LogP contribution in [0.4, 0.5) is 15.8 Å². The Morgan fingerprint density at radius 2 is 1.92 bits per heavy atom. The molecule has 1 heterocycles. The summed E-state index contributed by atoms with van der Waals surface area (Å²) in [4.78, 5) is 2.11. The zero-order valence-electron chi connectivity index (χ0n) is 14.0. The van der Waals surface area contributed by atoms with E-state index in [4.69, 9.17) is 12.2 Å². The Labute approximate surface area is 152 Å². The monoisotopic (exact) mass is 350 g/mol. The Hall–Kier alpha value is -2.46. The number of fused-ring (bicyclic) bond motifs is 2. The van der Waals surface area contributed by atoms with Crippen LogP contribution in [0.3, 0.4) is 0 Å². The van der Waals surface area contributed by atoms with Crippen molar-refractivity contribution in [2.75, 3.05) is 10.2 Å². The van der Waals surface area contributed by atoms with Gasteiger partial charge in [0.15, 0.2) is 5.11 Å². The van der Waals surface area contributed by atoms with Gasteiger partial charge in [0.1, 0.15) is 5.82 Å². The third-order valence-corrected chi connectivity index (χ3v) is 5.12. The van der Waals surface area contributed by atoms with Crippen LogP contribution in [-0.4, -0.2) is 11.2 Å². The van der Waals surface area contributed by atoms with E-state index in [0.717, 1.165) is 35.2 Å². The van der Waals surface area contributed by atoms with Crippen molar-refractivity contribution >= 4 is 39.5 Å². The summed E-state index contributed by atoms with van der Waals surface area (Å²) in [6.07, 6.45) is 1.83. The Kier molecular flexibility index (Phi) is 4.14. The molecular formula is C21H19FN2S. The molecule has 1 aliphatic rings. The van der Waals surface area contributed by atoms with E-state index in [9.17, 15) is 4.39 Å². The SMILES string of the molecule is C[C@H]1CCc2cc(F)ccc2N1C(=S)Nc1cccc2ccccc12. The first-order chi connectivity index (χ1) is 12.1. The van der Waals surface area contributed by atoms with Gasteiger partial charge in [-0.2, -0.15) is 0 Å². The molecule has 25 heavy (non-hydrogen) atoms. The number of nitrogens with one attached hydrogen (secondary N) is 1. The summed E-state index contributed by atoms with van der Waals surface area (Å²) in [5.41, 5.74) is 3.00. The summed E-state index contributed by atoms with van der Waals surface area (Å²) >= 11 is 5.73. The Morgan fingerprint density at radius 1 is 1.12 bits per heavy atom. The van der Waals surface area contributed by atoms with Gasteiger partial charge in [-0.3, -0.25) is 0 Å². The second kappa shape index (κ2) is 6.45. The molecule has 0 radical (unpaired) electrons. The Bertz CT molecular complexity index is 948. The minimum Gasteiger partial charge on any atom is -0.332 e. The number of anilines is 2. The molecule has 3 aromatic rings. The van der Waals surface area contributed by atoms with Crippen LogP contribution in [0.25, 0.3) is 10.8 Å². The molecule has 0 unspecified atom stereocenters. The third kappa shape index (κ3) is 2.98. The summed E-state index contributed by atoms with van der Waals surface area (Å²) in [6, 6.07) is 19.6. The molecule has 4 heteroatoms. The van der Waals surface area contributed by atoms with E-state index in [2.05, 4.69) is 35.3 Å². The predicted octanol–water partition coefficient (Wildman–Crippen LogP) is 5.52. The summed E-state index contributed by atoms with van der Waals surface area (Å²) in [6.45, 7) is 2.16. The van der Waals surface area contributed by atoms with E-state index < -0.39 is 0 Å². The maximum atomic E-state index is 13.6. The molecule has 126 valence electrons. The molecule has 1 aliphatic heterocycles. The highest BCUT2D eigenvalue weighted by molar-refractivity contribution is 7.80. The largest absolute Gasteiger partial charge is 0.332 e. The van der Waals surface area contributed by atoms with Gasteiger partial charge < -0.3 is 10.2 Å². The first-order valence-corrected chi connectivity index (χ1v) is 8.91. The zero-order valence-corrected chi connectivity index (χ0v) is 14.8. The Balaban J connectivity index is 1.69. The van der Waals surface area contributed by atoms with Gasteiger partial charge in [-0.25, -0.2) is 4.39 Å². The molecule has 2 nitrogen and oxygen atoms in total. The average Bonchev–Trinajstić information content (AvgIpc) is 2.62. The van der Waals surface area contributed by atoms with Crippen LogP contribution in [0.5, 0.6) is 0 Å². The quantitative estimate of drug-likeness (QED) is 0.582. The van der Waals surface area contributed by atoms with Crippen molar-refractivity contribution in [3.63, 3.8) is 0 Å². The molecule has 0 aromatic heterocycles. The molecule has 0 saturated carbocycles. The molecule has 3 aromatic carbocycles. The highest BCUT2D eigenvalue weighted by Gasteiger charge is 2.26. The lowest BCUT2D eigenvalue weighted by atomic mass is 9.97. The summed E-state index contributed by atoms with van der Waals surface area (Å²) in [5.74, 6) is -0.193. The molecule has 0 saturated heterocycles. The lowest BCUT2D eigenvalue weighted by Crippen LogP contribution is -2.44. The molecule has 0 spiro atoms.